The van der Waals surface area contributed by atoms with E-state index in [-0.39, 0.29) is 18.2 Å². The first-order valence-electron chi connectivity index (χ1n) is 6.65. The normalized spacial score (nSPS) is 10.2. The molecule has 0 atom stereocenters. The second kappa shape index (κ2) is 6.99. The van der Waals surface area contributed by atoms with Crippen LogP contribution in [-0.4, -0.2) is 35.3 Å². The lowest BCUT2D eigenvalue weighted by Crippen LogP contribution is -2.27. The highest BCUT2D eigenvalue weighted by atomic mass is 32.1. The van der Waals surface area contributed by atoms with Gasteiger partial charge in [0.25, 0.3) is 5.91 Å². The minimum absolute atomic E-state index is 0.0173. The maximum atomic E-state index is 12.0. The maximum Gasteiger partial charge on any atom is 0.257 e. The Bertz CT molecular complexity index is 625. The molecule has 0 spiro atoms. The van der Waals surface area contributed by atoms with Crippen LogP contribution in [0.5, 0.6) is 0 Å². The molecular formula is C15H17N3O2S. The number of nitrogens with zero attached hydrogens (tertiary/aromatic N) is 2. The summed E-state index contributed by atoms with van der Waals surface area (Å²) in [5.74, 6) is -0.183. The minimum Gasteiger partial charge on any atom is -0.346 e. The largest absolute Gasteiger partial charge is 0.346 e. The molecule has 2 rings (SSSR count). The van der Waals surface area contributed by atoms with Crippen LogP contribution in [0.25, 0.3) is 0 Å². The molecule has 6 heteroatoms. The van der Waals surface area contributed by atoms with Crippen molar-refractivity contribution >= 4 is 28.3 Å². The zero-order chi connectivity index (χ0) is 15.2. The van der Waals surface area contributed by atoms with Crippen LogP contribution >= 0.6 is 11.3 Å². The van der Waals surface area contributed by atoms with Crippen LogP contribution in [-0.2, 0) is 11.2 Å². The van der Waals surface area contributed by atoms with Crippen LogP contribution in [0.3, 0.4) is 0 Å². The number of amides is 2. The van der Waals surface area contributed by atoms with Crippen molar-refractivity contribution in [1.29, 1.82) is 0 Å². The molecule has 1 N–H and O–H groups in total. The average molecular weight is 303 g/mol. The number of rotatable bonds is 5. The highest BCUT2D eigenvalue weighted by Crippen LogP contribution is 2.17. The first kappa shape index (κ1) is 15.2. The van der Waals surface area contributed by atoms with Crippen molar-refractivity contribution < 1.29 is 9.59 Å². The van der Waals surface area contributed by atoms with Gasteiger partial charge in [-0.05, 0) is 19.1 Å². The Morgan fingerprint density at radius 3 is 2.67 bits per heavy atom. The zero-order valence-electron chi connectivity index (χ0n) is 12.0. The molecule has 21 heavy (non-hydrogen) atoms. The van der Waals surface area contributed by atoms with Crippen molar-refractivity contribution in [2.24, 2.45) is 0 Å². The van der Waals surface area contributed by atoms with E-state index in [9.17, 15) is 9.59 Å². The fourth-order valence-corrected chi connectivity index (χ4v) is 2.38. The molecule has 110 valence electrons. The lowest BCUT2D eigenvalue weighted by molar-refractivity contribution is -0.129. The van der Waals surface area contributed by atoms with Crippen LogP contribution in [0, 0.1) is 0 Å². The van der Waals surface area contributed by atoms with Crippen LogP contribution < -0.4 is 5.32 Å². The van der Waals surface area contributed by atoms with Gasteiger partial charge in [-0.2, -0.15) is 0 Å². The van der Waals surface area contributed by atoms with Gasteiger partial charge in [0.2, 0.25) is 5.91 Å². The molecule has 1 aromatic carbocycles. The summed E-state index contributed by atoms with van der Waals surface area (Å²) in [5.41, 5.74) is 1.25. The molecule has 2 aromatic rings. The number of carbonyl (C=O) groups excluding carboxylic acids is 2. The summed E-state index contributed by atoms with van der Waals surface area (Å²) >= 11 is 1.32. The Hall–Kier alpha value is -2.21. The van der Waals surface area contributed by atoms with Gasteiger partial charge in [0, 0.05) is 24.5 Å². The van der Waals surface area contributed by atoms with E-state index in [0.717, 1.165) is 0 Å². The van der Waals surface area contributed by atoms with Crippen molar-refractivity contribution in [3.8, 4) is 0 Å². The third-order valence-electron chi connectivity index (χ3n) is 3.04. The summed E-state index contributed by atoms with van der Waals surface area (Å²) in [6.45, 7) is 2.59. The van der Waals surface area contributed by atoms with Crippen LogP contribution in [0.2, 0.25) is 0 Å². The zero-order valence-corrected chi connectivity index (χ0v) is 12.8. The quantitative estimate of drug-likeness (QED) is 0.922. The predicted molar refractivity (Wildman–Crippen MR) is 83.5 cm³/mol. The summed E-state index contributed by atoms with van der Waals surface area (Å²) in [7, 11) is 1.76. The molecule has 2 amide bonds. The summed E-state index contributed by atoms with van der Waals surface area (Å²) < 4.78 is 0. The van der Waals surface area contributed by atoms with E-state index in [2.05, 4.69) is 10.3 Å². The Balaban J connectivity index is 1.97. The SMILES string of the molecule is CCN(C)C(=O)Cc1csc(NC(=O)c2ccccc2)n1. The topological polar surface area (TPSA) is 62.3 Å². The van der Waals surface area contributed by atoms with E-state index >= 15 is 0 Å². The smallest absolute Gasteiger partial charge is 0.257 e. The third kappa shape index (κ3) is 4.13. The highest BCUT2D eigenvalue weighted by molar-refractivity contribution is 7.14. The van der Waals surface area contributed by atoms with Crippen molar-refractivity contribution in [2.75, 3.05) is 18.9 Å². The van der Waals surface area contributed by atoms with Gasteiger partial charge in [0.05, 0.1) is 12.1 Å². The molecule has 0 aliphatic rings. The maximum absolute atomic E-state index is 12.0. The second-order valence-electron chi connectivity index (χ2n) is 4.55. The van der Waals surface area contributed by atoms with Crippen molar-refractivity contribution in [2.45, 2.75) is 13.3 Å². The lowest BCUT2D eigenvalue weighted by atomic mass is 10.2. The number of benzene rings is 1. The van der Waals surface area contributed by atoms with Crippen LogP contribution in [0.1, 0.15) is 23.0 Å². The number of likely N-dealkylation sites (N-methyl/N-ethyl adjacent to an activating group) is 1. The lowest BCUT2D eigenvalue weighted by Gasteiger charge is -2.12. The Labute approximate surface area is 127 Å². The summed E-state index contributed by atoms with van der Waals surface area (Å²) in [5, 5.41) is 5.04. The number of nitrogens with one attached hydrogen (secondary N) is 1. The van der Waals surface area contributed by atoms with Gasteiger partial charge in [-0.1, -0.05) is 18.2 Å². The fourth-order valence-electron chi connectivity index (χ4n) is 1.67. The van der Waals surface area contributed by atoms with Crippen molar-refractivity contribution in [1.82, 2.24) is 9.88 Å². The number of aromatic nitrogens is 1. The summed E-state index contributed by atoms with van der Waals surface area (Å²) in [6.07, 6.45) is 0.252. The van der Waals surface area contributed by atoms with Gasteiger partial charge in [0.15, 0.2) is 5.13 Å². The first-order chi connectivity index (χ1) is 10.1. The van der Waals surface area contributed by atoms with Crippen LogP contribution in [0.4, 0.5) is 5.13 Å². The first-order valence-corrected chi connectivity index (χ1v) is 7.53. The molecule has 0 saturated heterocycles. The molecule has 1 heterocycles. The van der Waals surface area contributed by atoms with Crippen molar-refractivity contribution in [3.63, 3.8) is 0 Å². The molecule has 0 fully saturated rings. The Kier molecular flexibility index (Phi) is 5.05. The number of carbonyl (C=O) groups is 2. The molecule has 5 nitrogen and oxygen atoms in total. The van der Waals surface area contributed by atoms with Gasteiger partial charge in [-0.25, -0.2) is 4.98 Å². The van der Waals surface area contributed by atoms with E-state index < -0.39 is 0 Å². The summed E-state index contributed by atoms with van der Waals surface area (Å²) in [6, 6.07) is 8.95. The molecule has 1 aromatic heterocycles. The van der Waals surface area contributed by atoms with Gasteiger partial charge in [-0.3, -0.25) is 14.9 Å². The molecule has 0 radical (unpaired) electrons. The molecule has 0 unspecified atom stereocenters. The Morgan fingerprint density at radius 2 is 2.00 bits per heavy atom. The van der Waals surface area contributed by atoms with E-state index in [0.29, 0.717) is 22.9 Å². The third-order valence-corrected chi connectivity index (χ3v) is 3.85. The Morgan fingerprint density at radius 1 is 1.29 bits per heavy atom. The number of hydrogen-bond acceptors (Lipinski definition) is 4. The molecule has 0 aliphatic heterocycles. The molecule has 0 bridgehead atoms. The average Bonchev–Trinajstić information content (AvgIpc) is 2.94. The second-order valence-corrected chi connectivity index (χ2v) is 5.41. The molecule has 0 saturated carbocycles. The van der Waals surface area contributed by atoms with E-state index in [1.165, 1.54) is 11.3 Å². The van der Waals surface area contributed by atoms with Gasteiger partial charge in [-0.15, -0.1) is 11.3 Å². The molecule has 0 aliphatic carbocycles. The molecular weight excluding hydrogens is 286 g/mol. The van der Waals surface area contributed by atoms with Gasteiger partial charge < -0.3 is 4.90 Å². The van der Waals surface area contributed by atoms with E-state index in [1.54, 1.807) is 41.6 Å². The highest BCUT2D eigenvalue weighted by Gasteiger charge is 2.12. The van der Waals surface area contributed by atoms with Crippen molar-refractivity contribution in [3.05, 3.63) is 47.0 Å². The van der Waals surface area contributed by atoms with E-state index in [4.69, 9.17) is 0 Å². The van der Waals surface area contributed by atoms with Gasteiger partial charge >= 0.3 is 0 Å². The number of hydrogen-bond donors (Lipinski definition) is 1. The minimum atomic E-state index is -0.200. The van der Waals surface area contributed by atoms with Gasteiger partial charge in [0.1, 0.15) is 0 Å². The predicted octanol–water partition coefficient (Wildman–Crippen LogP) is 2.42. The number of thiazole rings is 1. The number of anilines is 1. The standard InChI is InChI=1S/C15H17N3O2S/c1-3-18(2)13(19)9-12-10-21-15(16-12)17-14(20)11-7-5-4-6-8-11/h4-8,10H,3,9H2,1-2H3,(H,16,17,20). The fraction of sp³-hybridized carbons (Fsp3) is 0.267. The van der Waals surface area contributed by atoms with Crippen LogP contribution in [0.15, 0.2) is 35.7 Å². The summed E-state index contributed by atoms with van der Waals surface area (Å²) in [4.78, 5) is 29.7. The van der Waals surface area contributed by atoms with E-state index in [1.807, 2.05) is 13.0 Å². The monoisotopic (exact) mass is 303 g/mol.